The van der Waals surface area contributed by atoms with E-state index in [-0.39, 0.29) is 0 Å². The van der Waals surface area contributed by atoms with Crippen molar-refractivity contribution in [1.29, 1.82) is 0 Å². The fourth-order valence-electron chi connectivity index (χ4n) is 2.76. The summed E-state index contributed by atoms with van der Waals surface area (Å²) in [6, 6.07) is 4.37. The van der Waals surface area contributed by atoms with E-state index in [1.165, 1.54) is 36.0 Å². The first kappa shape index (κ1) is 12.4. The molecule has 1 N–H and O–H groups in total. The lowest BCUT2D eigenvalue weighted by molar-refractivity contribution is 0.359. The summed E-state index contributed by atoms with van der Waals surface area (Å²) < 4.78 is 5.58. The summed E-state index contributed by atoms with van der Waals surface area (Å²) in [5, 5.41) is 3.42. The number of hydrogen-bond donors (Lipinski definition) is 1. The number of hydrogen-bond acceptors (Lipinski definition) is 2. The predicted molar refractivity (Wildman–Crippen MR) is 71.8 cm³/mol. The highest BCUT2D eigenvalue weighted by Crippen LogP contribution is 2.30. The molecule has 0 aliphatic carbocycles. The van der Waals surface area contributed by atoms with E-state index in [9.17, 15) is 0 Å². The lowest BCUT2D eigenvalue weighted by atomic mass is 9.88. The second-order valence-corrected chi connectivity index (χ2v) is 5.11. The van der Waals surface area contributed by atoms with Gasteiger partial charge in [0.2, 0.25) is 0 Å². The van der Waals surface area contributed by atoms with Crippen molar-refractivity contribution in [1.82, 2.24) is 5.32 Å². The Bertz CT molecular complexity index is 381. The van der Waals surface area contributed by atoms with Gasteiger partial charge in [0.25, 0.3) is 0 Å². The Balaban J connectivity index is 2.21. The predicted octanol–water partition coefficient (Wildman–Crippen LogP) is 2.85. The third-order valence-electron chi connectivity index (χ3n) is 3.85. The van der Waals surface area contributed by atoms with E-state index < -0.39 is 0 Å². The molecule has 0 unspecified atom stereocenters. The van der Waals surface area contributed by atoms with E-state index in [1.54, 1.807) is 7.11 Å². The van der Waals surface area contributed by atoms with Gasteiger partial charge in [-0.05, 0) is 68.8 Å². The van der Waals surface area contributed by atoms with Crippen LogP contribution in [0, 0.1) is 19.8 Å². The van der Waals surface area contributed by atoms with Crippen molar-refractivity contribution in [3.8, 4) is 5.75 Å². The Labute approximate surface area is 104 Å². The smallest absolute Gasteiger partial charge is 0.125 e. The van der Waals surface area contributed by atoms with Gasteiger partial charge in [0, 0.05) is 0 Å². The van der Waals surface area contributed by atoms with Crippen LogP contribution < -0.4 is 10.1 Å². The lowest BCUT2D eigenvalue weighted by Crippen LogP contribution is -2.28. The number of piperidine rings is 1. The molecule has 1 fully saturated rings. The minimum Gasteiger partial charge on any atom is -0.496 e. The molecule has 1 aliphatic heterocycles. The summed E-state index contributed by atoms with van der Waals surface area (Å²) in [4.78, 5) is 0. The van der Waals surface area contributed by atoms with E-state index in [0.717, 1.165) is 24.8 Å². The quantitative estimate of drug-likeness (QED) is 0.867. The van der Waals surface area contributed by atoms with Crippen LogP contribution in [0.4, 0.5) is 0 Å². The molecule has 0 aromatic heterocycles. The molecule has 1 heterocycles. The van der Waals surface area contributed by atoms with E-state index in [1.807, 2.05) is 0 Å². The van der Waals surface area contributed by atoms with Crippen LogP contribution in [-0.2, 0) is 6.42 Å². The summed E-state index contributed by atoms with van der Waals surface area (Å²) in [5.41, 5.74) is 4.03. The first-order valence-electron chi connectivity index (χ1n) is 6.56. The van der Waals surface area contributed by atoms with Gasteiger partial charge >= 0.3 is 0 Å². The minimum absolute atomic E-state index is 0.811. The Morgan fingerprint density at radius 3 is 2.47 bits per heavy atom. The molecule has 2 rings (SSSR count). The molecular weight excluding hydrogens is 210 g/mol. The van der Waals surface area contributed by atoms with Gasteiger partial charge in [-0.3, -0.25) is 0 Å². The van der Waals surface area contributed by atoms with Gasteiger partial charge in [0.1, 0.15) is 5.75 Å². The van der Waals surface area contributed by atoms with Crippen molar-refractivity contribution in [3.05, 3.63) is 28.8 Å². The van der Waals surface area contributed by atoms with Crippen LogP contribution in [0.1, 0.15) is 29.5 Å². The first-order valence-corrected chi connectivity index (χ1v) is 6.56. The van der Waals surface area contributed by atoms with Crippen molar-refractivity contribution < 1.29 is 4.74 Å². The zero-order valence-electron chi connectivity index (χ0n) is 11.2. The number of ether oxygens (including phenoxy) is 1. The van der Waals surface area contributed by atoms with Crippen molar-refractivity contribution in [2.75, 3.05) is 20.2 Å². The van der Waals surface area contributed by atoms with Gasteiger partial charge in [0.05, 0.1) is 7.11 Å². The Kier molecular flexibility index (Phi) is 4.06. The molecule has 2 nitrogen and oxygen atoms in total. The van der Waals surface area contributed by atoms with Crippen LogP contribution in [0.5, 0.6) is 5.75 Å². The zero-order chi connectivity index (χ0) is 12.3. The monoisotopic (exact) mass is 233 g/mol. The third-order valence-corrected chi connectivity index (χ3v) is 3.85. The van der Waals surface area contributed by atoms with E-state index in [2.05, 4.69) is 31.3 Å². The highest BCUT2D eigenvalue weighted by molar-refractivity contribution is 5.45. The van der Waals surface area contributed by atoms with Crippen molar-refractivity contribution in [2.45, 2.75) is 33.1 Å². The van der Waals surface area contributed by atoms with Gasteiger partial charge in [0.15, 0.2) is 0 Å². The highest BCUT2D eigenvalue weighted by Gasteiger charge is 2.17. The molecule has 1 aliphatic rings. The average Bonchev–Trinajstić information content (AvgIpc) is 2.35. The number of benzene rings is 1. The Morgan fingerprint density at radius 2 is 1.82 bits per heavy atom. The summed E-state index contributed by atoms with van der Waals surface area (Å²) in [7, 11) is 1.79. The van der Waals surface area contributed by atoms with Crippen LogP contribution in [0.2, 0.25) is 0 Å². The number of rotatable bonds is 3. The molecule has 1 aromatic carbocycles. The molecule has 0 bridgehead atoms. The largest absolute Gasteiger partial charge is 0.496 e. The average molecular weight is 233 g/mol. The molecule has 1 aromatic rings. The van der Waals surface area contributed by atoms with Crippen LogP contribution in [0.25, 0.3) is 0 Å². The SMILES string of the molecule is COc1c(C)ccc(C)c1CC1CCNCC1. The first-order chi connectivity index (χ1) is 8.22. The van der Waals surface area contributed by atoms with Crippen LogP contribution in [-0.4, -0.2) is 20.2 Å². The van der Waals surface area contributed by atoms with Gasteiger partial charge in [-0.15, -0.1) is 0 Å². The van der Waals surface area contributed by atoms with Crippen LogP contribution in [0.15, 0.2) is 12.1 Å². The number of aryl methyl sites for hydroxylation is 2. The molecule has 0 saturated carbocycles. The lowest BCUT2D eigenvalue weighted by Gasteiger charge is -2.24. The molecule has 2 heteroatoms. The second-order valence-electron chi connectivity index (χ2n) is 5.11. The summed E-state index contributed by atoms with van der Waals surface area (Å²) >= 11 is 0. The van der Waals surface area contributed by atoms with Crippen molar-refractivity contribution >= 4 is 0 Å². The van der Waals surface area contributed by atoms with Crippen molar-refractivity contribution in [3.63, 3.8) is 0 Å². The minimum atomic E-state index is 0.811. The number of nitrogens with one attached hydrogen (secondary N) is 1. The normalized spacial score (nSPS) is 17.1. The van der Waals surface area contributed by atoms with Gasteiger partial charge in [-0.2, -0.15) is 0 Å². The molecule has 0 radical (unpaired) electrons. The fourth-order valence-corrected chi connectivity index (χ4v) is 2.76. The maximum absolute atomic E-state index is 5.58. The topological polar surface area (TPSA) is 21.3 Å². The fraction of sp³-hybridized carbons (Fsp3) is 0.600. The van der Waals surface area contributed by atoms with E-state index in [4.69, 9.17) is 4.74 Å². The van der Waals surface area contributed by atoms with E-state index >= 15 is 0 Å². The molecule has 17 heavy (non-hydrogen) atoms. The zero-order valence-corrected chi connectivity index (χ0v) is 11.2. The Morgan fingerprint density at radius 1 is 1.18 bits per heavy atom. The van der Waals surface area contributed by atoms with Gasteiger partial charge in [-0.25, -0.2) is 0 Å². The highest BCUT2D eigenvalue weighted by atomic mass is 16.5. The third kappa shape index (κ3) is 2.81. The molecule has 0 amide bonds. The Hall–Kier alpha value is -1.02. The van der Waals surface area contributed by atoms with E-state index in [0.29, 0.717) is 0 Å². The van der Waals surface area contributed by atoms with Gasteiger partial charge in [-0.1, -0.05) is 12.1 Å². The summed E-state index contributed by atoms with van der Waals surface area (Å²) in [5.74, 6) is 1.91. The maximum atomic E-state index is 5.58. The molecule has 0 spiro atoms. The van der Waals surface area contributed by atoms with Crippen LogP contribution >= 0.6 is 0 Å². The molecular formula is C15H23NO. The second kappa shape index (κ2) is 5.54. The number of methoxy groups -OCH3 is 1. The molecule has 94 valence electrons. The maximum Gasteiger partial charge on any atom is 0.125 e. The molecule has 0 atom stereocenters. The summed E-state index contributed by atoms with van der Waals surface area (Å²) in [6.07, 6.45) is 3.74. The van der Waals surface area contributed by atoms with Crippen molar-refractivity contribution in [2.24, 2.45) is 5.92 Å². The summed E-state index contributed by atoms with van der Waals surface area (Å²) in [6.45, 7) is 6.65. The standard InChI is InChI=1S/C15H23NO/c1-11-4-5-12(2)15(17-3)14(11)10-13-6-8-16-9-7-13/h4-5,13,16H,6-10H2,1-3H3. The van der Waals surface area contributed by atoms with Gasteiger partial charge < -0.3 is 10.1 Å². The molecule has 1 saturated heterocycles. The van der Waals surface area contributed by atoms with Crippen LogP contribution in [0.3, 0.4) is 0 Å².